The minimum Gasteiger partial charge on any atom is -0.378 e. The Hall–Kier alpha value is -3.06. The number of hydrogen-bond donors (Lipinski definition) is 1. The molecule has 0 aliphatic carbocycles. The van der Waals surface area contributed by atoms with Gasteiger partial charge in [-0.05, 0) is 43.2 Å². The number of carbonyl (C=O) groups is 2. The van der Waals surface area contributed by atoms with Gasteiger partial charge in [0.05, 0.1) is 23.1 Å². The van der Waals surface area contributed by atoms with Gasteiger partial charge in [-0.1, -0.05) is 42.1 Å². The molecule has 2 amide bonds. The molecule has 1 N–H and O–H groups in total. The van der Waals surface area contributed by atoms with Gasteiger partial charge in [0.25, 0.3) is 5.91 Å². The maximum atomic E-state index is 13.4. The monoisotopic (exact) mass is 420 g/mol. The molecule has 1 atom stereocenters. The van der Waals surface area contributed by atoms with Crippen molar-refractivity contribution >= 4 is 40.1 Å². The summed E-state index contributed by atoms with van der Waals surface area (Å²) in [5.41, 5.74) is 4.80. The Bertz CT molecular complexity index is 1070. The molecule has 1 saturated heterocycles. The number of hydrogen-bond acceptors (Lipinski definition) is 5. The molecule has 2 aromatic carbocycles. The number of amides is 2. The zero-order valence-electron chi connectivity index (χ0n) is 17.5. The number of fused-ring (bicyclic) bond motifs is 1. The topological polar surface area (TPSA) is 65.0 Å². The lowest BCUT2D eigenvalue weighted by Crippen LogP contribution is -2.40. The summed E-state index contributed by atoms with van der Waals surface area (Å²) in [4.78, 5) is 34.4. The summed E-state index contributed by atoms with van der Waals surface area (Å²) in [5, 5.41) is 3.67. The van der Waals surface area contributed by atoms with E-state index in [2.05, 4.69) is 10.3 Å². The van der Waals surface area contributed by atoms with Gasteiger partial charge >= 0.3 is 0 Å². The van der Waals surface area contributed by atoms with Crippen LogP contribution < -0.4 is 10.2 Å². The molecule has 154 valence electrons. The smallest absolute Gasteiger partial charge is 0.255 e. The summed E-state index contributed by atoms with van der Waals surface area (Å²) < 4.78 is 0. The number of rotatable bonds is 4. The second-order valence-electron chi connectivity index (χ2n) is 7.60. The van der Waals surface area contributed by atoms with E-state index in [1.54, 1.807) is 4.90 Å². The lowest BCUT2D eigenvalue weighted by atomic mass is 9.93. The average Bonchev–Trinajstić information content (AvgIpc) is 3.09. The zero-order chi connectivity index (χ0) is 21.4. The molecular weight excluding hydrogens is 396 g/mol. The molecule has 0 radical (unpaired) electrons. The van der Waals surface area contributed by atoms with Crippen LogP contribution in [0.25, 0.3) is 0 Å². The molecule has 6 nitrogen and oxygen atoms in total. The lowest BCUT2D eigenvalue weighted by Gasteiger charge is -2.33. The zero-order valence-corrected chi connectivity index (χ0v) is 18.3. The highest BCUT2D eigenvalue weighted by molar-refractivity contribution is 8.15. The normalized spacial score (nSPS) is 18.3. The Kier molecular flexibility index (Phi) is 5.39. The minimum atomic E-state index is -0.500. The number of nitrogens with zero attached hydrogens (tertiary/aromatic N) is 3. The molecule has 0 bridgehead atoms. The Morgan fingerprint density at radius 1 is 1.13 bits per heavy atom. The summed E-state index contributed by atoms with van der Waals surface area (Å²) in [5.74, 6) is 0.0653. The van der Waals surface area contributed by atoms with E-state index in [1.807, 2.05) is 81.4 Å². The van der Waals surface area contributed by atoms with Crippen molar-refractivity contribution in [1.29, 1.82) is 0 Å². The van der Waals surface area contributed by atoms with Gasteiger partial charge in [0.15, 0.2) is 5.17 Å². The van der Waals surface area contributed by atoms with Gasteiger partial charge in [-0.2, -0.15) is 0 Å². The van der Waals surface area contributed by atoms with Crippen LogP contribution in [0, 0.1) is 6.92 Å². The van der Waals surface area contributed by atoms with Gasteiger partial charge in [0.2, 0.25) is 5.91 Å². The maximum Gasteiger partial charge on any atom is 0.255 e. The first-order chi connectivity index (χ1) is 14.4. The van der Waals surface area contributed by atoms with Crippen molar-refractivity contribution in [2.45, 2.75) is 19.9 Å². The largest absolute Gasteiger partial charge is 0.378 e. The summed E-state index contributed by atoms with van der Waals surface area (Å²) >= 11 is 1.42. The highest BCUT2D eigenvalue weighted by Crippen LogP contribution is 2.41. The minimum absolute atomic E-state index is 0.0332. The molecule has 2 aromatic rings. The molecule has 30 heavy (non-hydrogen) atoms. The fourth-order valence-corrected chi connectivity index (χ4v) is 4.64. The van der Waals surface area contributed by atoms with Crippen molar-refractivity contribution in [1.82, 2.24) is 4.90 Å². The summed E-state index contributed by atoms with van der Waals surface area (Å²) in [6, 6.07) is 15.1. The van der Waals surface area contributed by atoms with Crippen LogP contribution in [0.5, 0.6) is 0 Å². The van der Waals surface area contributed by atoms with Crippen LogP contribution in [0.15, 0.2) is 64.8 Å². The van der Waals surface area contributed by atoms with Gasteiger partial charge in [-0.3, -0.25) is 14.5 Å². The van der Waals surface area contributed by atoms with Crippen molar-refractivity contribution in [3.63, 3.8) is 0 Å². The van der Waals surface area contributed by atoms with E-state index in [0.717, 1.165) is 22.5 Å². The third-order valence-corrected chi connectivity index (χ3v) is 6.28. The molecule has 7 heteroatoms. The molecule has 1 fully saturated rings. The second kappa shape index (κ2) is 7.99. The number of benzene rings is 2. The number of anilines is 2. The van der Waals surface area contributed by atoms with E-state index >= 15 is 0 Å². The summed E-state index contributed by atoms with van der Waals surface area (Å²) in [6.07, 6.45) is 0. The fraction of sp³-hybridized carbons (Fsp3) is 0.261. The Morgan fingerprint density at radius 3 is 2.50 bits per heavy atom. The molecular formula is C23H24N4O2S. The first-order valence-corrected chi connectivity index (χ1v) is 10.7. The van der Waals surface area contributed by atoms with E-state index in [0.29, 0.717) is 22.2 Å². The number of para-hydroxylation sites is 1. The molecule has 2 aliphatic heterocycles. The molecule has 0 spiro atoms. The third kappa shape index (κ3) is 3.61. The highest BCUT2D eigenvalue weighted by atomic mass is 32.2. The second-order valence-corrected chi connectivity index (χ2v) is 8.55. The predicted octanol–water partition coefficient (Wildman–Crippen LogP) is 3.96. The first kappa shape index (κ1) is 20.2. The maximum absolute atomic E-state index is 13.4. The highest BCUT2D eigenvalue weighted by Gasteiger charge is 2.42. The summed E-state index contributed by atoms with van der Waals surface area (Å²) in [6.45, 7) is 3.79. The SMILES string of the molecule is CC1=C(C(=O)Nc2ccccc2C)[C@H](c2ccc(N(C)C)cc2)N2C(=O)CSC2=N1. The fourth-order valence-electron chi connectivity index (χ4n) is 3.71. The van der Waals surface area contributed by atoms with Crippen molar-refractivity contribution in [2.75, 3.05) is 30.1 Å². The number of allylic oxidation sites excluding steroid dienone is 1. The van der Waals surface area contributed by atoms with Gasteiger partial charge in [-0.25, -0.2) is 4.99 Å². The Morgan fingerprint density at radius 2 is 1.83 bits per heavy atom. The van der Waals surface area contributed by atoms with Crippen LogP contribution in [0.2, 0.25) is 0 Å². The molecule has 2 heterocycles. The number of thioether (sulfide) groups is 1. The quantitative estimate of drug-likeness (QED) is 0.813. The van der Waals surface area contributed by atoms with Crippen molar-refractivity contribution in [2.24, 2.45) is 4.99 Å². The van der Waals surface area contributed by atoms with E-state index in [9.17, 15) is 9.59 Å². The predicted molar refractivity (Wildman–Crippen MR) is 123 cm³/mol. The van der Waals surface area contributed by atoms with Crippen molar-refractivity contribution in [3.8, 4) is 0 Å². The van der Waals surface area contributed by atoms with Crippen LogP contribution in [-0.4, -0.2) is 41.7 Å². The standard InChI is InChI=1S/C23H24N4O2S/c1-14-7-5-6-8-18(14)25-22(29)20-15(2)24-23-27(19(28)13-30-23)21(20)16-9-11-17(12-10-16)26(3)4/h5-12,21H,13H2,1-4H3,(H,25,29)/t21-/m0/s1. The third-order valence-electron chi connectivity index (χ3n) is 5.35. The molecule has 0 unspecified atom stereocenters. The first-order valence-electron chi connectivity index (χ1n) is 9.75. The van der Waals surface area contributed by atoms with Crippen LogP contribution in [0.4, 0.5) is 11.4 Å². The molecule has 0 aromatic heterocycles. The van der Waals surface area contributed by atoms with E-state index in [1.165, 1.54) is 11.8 Å². The molecule has 4 rings (SSSR count). The number of aliphatic imine (C=N–C) groups is 1. The molecule has 0 saturated carbocycles. The lowest BCUT2D eigenvalue weighted by molar-refractivity contribution is -0.125. The number of carbonyl (C=O) groups excluding carboxylic acids is 2. The van der Waals surface area contributed by atoms with Crippen molar-refractivity contribution < 1.29 is 9.59 Å². The van der Waals surface area contributed by atoms with E-state index < -0.39 is 6.04 Å². The number of aryl methyl sites for hydroxylation is 1. The van der Waals surface area contributed by atoms with Crippen LogP contribution >= 0.6 is 11.8 Å². The van der Waals surface area contributed by atoms with Crippen LogP contribution in [0.3, 0.4) is 0 Å². The Balaban J connectivity index is 1.77. The Labute approximate surface area is 180 Å². The number of nitrogens with one attached hydrogen (secondary N) is 1. The van der Waals surface area contributed by atoms with Crippen molar-refractivity contribution in [3.05, 3.63) is 70.9 Å². The van der Waals surface area contributed by atoms with Gasteiger partial charge in [0, 0.05) is 25.5 Å². The van der Waals surface area contributed by atoms with E-state index in [-0.39, 0.29) is 11.8 Å². The van der Waals surface area contributed by atoms with Gasteiger partial charge in [-0.15, -0.1) is 0 Å². The average molecular weight is 421 g/mol. The molecule has 2 aliphatic rings. The summed E-state index contributed by atoms with van der Waals surface area (Å²) in [7, 11) is 3.96. The van der Waals surface area contributed by atoms with Gasteiger partial charge in [0.1, 0.15) is 0 Å². The van der Waals surface area contributed by atoms with Crippen LogP contribution in [0.1, 0.15) is 24.1 Å². The number of amidine groups is 1. The van der Waals surface area contributed by atoms with Crippen LogP contribution in [-0.2, 0) is 9.59 Å². The van der Waals surface area contributed by atoms with Gasteiger partial charge < -0.3 is 10.2 Å². The van der Waals surface area contributed by atoms with E-state index in [4.69, 9.17) is 0 Å².